The molecular weight excluding hydrogens is 438 g/mol. The lowest BCUT2D eigenvalue weighted by Crippen LogP contribution is -2.25. The van der Waals surface area contributed by atoms with Gasteiger partial charge in [-0.1, -0.05) is 88.1 Å². The molecule has 0 radical (unpaired) electrons. The van der Waals surface area contributed by atoms with Crippen LogP contribution in [0.2, 0.25) is 0 Å². The van der Waals surface area contributed by atoms with E-state index < -0.39 is 0 Å². The Labute approximate surface area is 205 Å². The van der Waals surface area contributed by atoms with Gasteiger partial charge in [0.25, 0.3) is 0 Å². The molecule has 0 unspecified atom stereocenters. The first-order valence-electron chi connectivity index (χ1n) is 12.5. The van der Waals surface area contributed by atoms with Crippen LogP contribution in [0, 0.1) is 0 Å². The zero-order valence-corrected chi connectivity index (χ0v) is 20.5. The summed E-state index contributed by atoms with van der Waals surface area (Å²) in [6, 6.07) is 16.4. The molecule has 0 aliphatic rings. The second kappa shape index (κ2) is 12.1. The monoisotopic (exact) mass is 471 g/mol. The molecule has 2 heterocycles. The van der Waals surface area contributed by atoms with E-state index in [9.17, 15) is 4.79 Å². The zero-order valence-electron chi connectivity index (χ0n) is 20.5. The molecular formula is C27H33N7O. The lowest BCUT2D eigenvalue weighted by Gasteiger charge is -2.07. The number of aromatic nitrogens is 7. The van der Waals surface area contributed by atoms with Gasteiger partial charge in [-0.15, -0.1) is 5.10 Å². The first-order valence-corrected chi connectivity index (χ1v) is 12.5. The number of hydrogen-bond acceptors (Lipinski definition) is 5. The second-order valence-electron chi connectivity index (χ2n) is 8.70. The highest BCUT2D eigenvalue weighted by Crippen LogP contribution is 2.24. The van der Waals surface area contributed by atoms with Crippen molar-refractivity contribution in [2.75, 3.05) is 0 Å². The molecule has 4 aromatic rings. The van der Waals surface area contributed by atoms with Gasteiger partial charge in [0.1, 0.15) is 0 Å². The van der Waals surface area contributed by atoms with Crippen LogP contribution in [0.4, 0.5) is 0 Å². The Morgan fingerprint density at radius 2 is 1.74 bits per heavy atom. The number of nitrogens with zero attached hydrogens (tertiary/aromatic N) is 6. The molecule has 1 N–H and O–H groups in total. The van der Waals surface area contributed by atoms with E-state index in [4.69, 9.17) is 0 Å². The third-order valence-electron chi connectivity index (χ3n) is 6.04. The van der Waals surface area contributed by atoms with E-state index >= 15 is 0 Å². The third kappa shape index (κ3) is 6.20. The summed E-state index contributed by atoms with van der Waals surface area (Å²) < 4.78 is 3.39. The minimum absolute atomic E-state index is 0.0475. The van der Waals surface area contributed by atoms with E-state index in [-0.39, 0.29) is 5.69 Å². The topological polar surface area (TPSA) is 94.3 Å². The van der Waals surface area contributed by atoms with Gasteiger partial charge in [0.2, 0.25) is 0 Å². The Kier molecular flexibility index (Phi) is 8.38. The summed E-state index contributed by atoms with van der Waals surface area (Å²) in [5.74, 6) is 1.35. The van der Waals surface area contributed by atoms with Crippen LogP contribution in [0.15, 0.2) is 59.4 Å². The van der Waals surface area contributed by atoms with Gasteiger partial charge in [0.15, 0.2) is 11.6 Å². The molecule has 2 aromatic carbocycles. The van der Waals surface area contributed by atoms with Crippen molar-refractivity contribution in [1.82, 2.24) is 35.0 Å². The summed E-state index contributed by atoms with van der Waals surface area (Å²) in [5, 5.41) is 18.7. The van der Waals surface area contributed by atoms with Gasteiger partial charge in [-0.3, -0.25) is 4.57 Å². The highest BCUT2D eigenvalue weighted by molar-refractivity contribution is 5.70. The number of allylic oxidation sites excluding steroid dienone is 1. The fourth-order valence-corrected chi connectivity index (χ4v) is 4.08. The molecule has 0 fully saturated rings. The van der Waals surface area contributed by atoms with Crippen LogP contribution in [0.25, 0.3) is 28.6 Å². The van der Waals surface area contributed by atoms with Crippen LogP contribution in [0.3, 0.4) is 0 Å². The number of tetrazole rings is 1. The van der Waals surface area contributed by atoms with Crippen molar-refractivity contribution in [3.63, 3.8) is 0 Å². The molecule has 4 rings (SSSR count). The maximum Gasteiger partial charge on any atom is 0.346 e. The molecule has 8 nitrogen and oxygen atoms in total. The van der Waals surface area contributed by atoms with Crippen molar-refractivity contribution in [2.45, 2.75) is 65.5 Å². The number of aryl methyl sites for hydroxylation is 1. The van der Waals surface area contributed by atoms with Crippen molar-refractivity contribution in [3.05, 3.63) is 76.5 Å². The van der Waals surface area contributed by atoms with Crippen LogP contribution in [-0.2, 0) is 13.1 Å². The highest BCUT2D eigenvalue weighted by Gasteiger charge is 2.12. The van der Waals surface area contributed by atoms with Crippen LogP contribution in [0.1, 0.15) is 63.8 Å². The standard InChI is InChI=1S/C27H33N7O/c1-3-5-7-8-9-18-34-27(35)33(25(30-34)13-6-4-2)20-21-14-16-22(17-15-21)23-11-10-12-24(19-23)26-28-31-32-29-26/h6,10-17,19H,3-5,7-9,18,20H2,1-2H3,(H,28,29,31,32)/b13-6+. The second-order valence-corrected chi connectivity index (χ2v) is 8.70. The van der Waals surface area contributed by atoms with Gasteiger partial charge in [-0.25, -0.2) is 14.6 Å². The average Bonchev–Trinajstić information content (AvgIpc) is 3.53. The van der Waals surface area contributed by atoms with Crippen molar-refractivity contribution in [1.29, 1.82) is 0 Å². The maximum atomic E-state index is 13.1. The number of benzene rings is 2. The van der Waals surface area contributed by atoms with Crippen LogP contribution in [-0.4, -0.2) is 35.0 Å². The van der Waals surface area contributed by atoms with E-state index in [1.54, 1.807) is 9.25 Å². The van der Waals surface area contributed by atoms with Crippen LogP contribution < -0.4 is 5.69 Å². The molecule has 2 aromatic heterocycles. The summed E-state index contributed by atoms with van der Waals surface area (Å²) in [6.45, 7) is 5.44. The van der Waals surface area contributed by atoms with Crippen molar-refractivity contribution in [3.8, 4) is 22.5 Å². The summed E-state index contributed by atoms with van der Waals surface area (Å²) in [5.41, 5.74) is 4.10. The Morgan fingerprint density at radius 3 is 2.49 bits per heavy atom. The SMILES string of the molecule is CC/C=C/c1nn(CCCCCCC)c(=O)n1Cc1ccc(-c2cccc(-c3nnn[nH]3)c2)cc1. The van der Waals surface area contributed by atoms with Crippen molar-refractivity contribution >= 4 is 6.08 Å². The van der Waals surface area contributed by atoms with E-state index in [1.807, 2.05) is 24.3 Å². The van der Waals surface area contributed by atoms with Crippen molar-refractivity contribution < 1.29 is 0 Å². The molecule has 0 amide bonds. The molecule has 0 saturated carbocycles. The quantitative estimate of drug-likeness (QED) is 0.282. The highest BCUT2D eigenvalue weighted by atomic mass is 16.2. The van der Waals surface area contributed by atoms with Crippen LogP contribution >= 0.6 is 0 Å². The largest absolute Gasteiger partial charge is 0.346 e. The predicted molar refractivity (Wildman–Crippen MR) is 139 cm³/mol. The van der Waals surface area contributed by atoms with Gasteiger partial charge in [-0.2, -0.15) is 5.10 Å². The number of nitrogens with one attached hydrogen (secondary N) is 1. The van der Waals surface area contributed by atoms with Gasteiger partial charge in [0.05, 0.1) is 6.54 Å². The van der Waals surface area contributed by atoms with E-state index in [0.29, 0.717) is 24.7 Å². The zero-order chi connectivity index (χ0) is 24.5. The first kappa shape index (κ1) is 24.3. The fraction of sp³-hybridized carbons (Fsp3) is 0.370. The van der Waals surface area contributed by atoms with Gasteiger partial charge in [0, 0.05) is 12.1 Å². The normalized spacial score (nSPS) is 11.5. The smallest absolute Gasteiger partial charge is 0.271 e. The Bertz CT molecular complexity index is 1280. The summed E-state index contributed by atoms with van der Waals surface area (Å²) in [6.07, 6.45) is 10.7. The Morgan fingerprint density at radius 1 is 0.943 bits per heavy atom. The predicted octanol–water partition coefficient (Wildman–Crippen LogP) is 5.33. The van der Waals surface area contributed by atoms with E-state index in [1.165, 1.54) is 19.3 Å². The lowest BCUT2D eigenvalue weighted by atomic mass is 10.0. The maximum absolute atomic E-state index is 13.1. The number of aromatic amines is 1. The molecule has 0 aliphatic heterocycles. The van der Waals surface area contributed by atoms with Crippen molar-refractivity contribution in [2.24, 2.45) is 0 Å². The molecule has 0 bridgehead atoms. The summed E-state index contributed by atoms with van der Waals surface area (Å²) in [4.78, 5) is 13.1. The number of H-pyrrole nitrogens is 1. The number of rotatable bonds is 12. The minimum atomic E-state index is -0.0475. The summed E-state index contributed by atoms with van der Waals surface area (Å²) >= 11 is 0. The van der Waals surface area contributed by atoms with Gasteiger partial charge in [-0.05, 0) is 52.1 Å². The van der Waals surface area contributed by atoms with Crippen LogP contribution in [0.5, 0.6) is 0 Å². The minimum Gasteiger partial charge on any atom is -0.271 e. The summed E-state index contributed by atoms with van der Waals surface area (Å²) in [7, 11) is 0. The fourth-order valence-electron chi connectivity index (χ4n) is 4.08. The first-order chi connectivity index (χ1) is 17.2. The third-order valence-corrected chi connectivity index (χ3v) is 6.04. The lowest BCUT2D eigenvalue weighted by molar-refractivity contribution is 0.515. The molecule has 8 heteroatoms. The van der Waals surface area contributed by atoms with Gasteiger partial charge < -0.3 is 0 Å². The van der Waals surface area contributed by atoms with Gasteiger partial charge >= 0.3 is 5.69 Å². The number of hydrogen-bond donors (Lipinski definition) is 1. The van der Waals surface area contributed by atoms with E-state index in [0.717, 1.165) is 41.5 Å². The molecule has 0 spiro atoms. The number of unbranched alkanes of at least 4 members (excludes halogenated alkanes) is 4. The molecule has 35 heavy (non-hydrogen) atoms. The molecule has 0 aliphatic carbocycles. The molecule has 0 atom stereocenters. The average molecular weight is 472 g/mol. The van der Waals surface area contributed by atoms with E-state index in [2.05, 4.69) is 76.0 Å². The Balaban J connectivity index is 1.51. The molecule has 182 valence electrons. The molecule has 0 saturated heterocycles. The Hall–Kier alpha value is -3.81.